The molecule has 26 heavy (non-hydrogen) atoms. The van der Waals surface area contributed by atoms with E-state index in [9.17, 15) is 14.4 Å². The molecule has 0 saturated carbocycles. The largest absolute Gasteiger partial charge is 0.417 e. The van der Waals surface area contributed by atoms with Crippen molar-refractivity contribution in [2.24, 2.45) is 7.05 Å². The van der Waals surface area contributed by atoms with Gasteiger partial charge in [-0.3, -0.25) is 19.9 Å². The number of aromatic nitrogens is 3. The molecule has 0 spiro atoms. The third kappa shape index (κ3) is 2.78. The van der Waals surface area contributed by atoms with Gasteiger partial charge in [-0.05, 0) is 19.1 Å². The maximum atomic E-state index is 12.4. The average molecular weight is 388 g/mol. The Kier molecular flexibility index (Phi) is 3.85. The number of carbonyl (C=O) groups is 1. The van der Waals surface area contributed by atoms with Crippen molar-refractivity contribution in [2.45, 2.75) is 6.92 Å². The minimum atomic E-state index is -0.513. The van der Waals surface area contributed by atoms with E-state index in [2.05, 4.69) is 15.3 Å². The summed E-state index contributed by atoms with van der Waals surface area (Å²) in [6.45, 7) is 1.72. The number of anilines is 1. The highest BCUT2D eigenvalue weighted by atomic mass is 32.1. The summed E-state index contributed by atoms with van der Waals surface area (Å²) in [7, 11) is 1.63. The van der Waals surface area contributed by atoms with Gasteiger partial charge in [0.25, 0.3) is 5.91 Å². The van der Waals surface area contributed by atoms with Gasteiger partial charge in [0, 0.05) is 23.7 Å². The lowest BCUT2D eigenvalue weighted by atomic mass is 10.1. The van der Waals surface area contributed by atoms with E-state index in [1.807, 2.05) is 6.07 Å². The fourth-order valence-electron chi connectivity index (χ4n) is 2.45. The summed E-state index contributed by atoms with van der Waals surface area (Å²) in [6, 6.07) is 5.25. The normalized spacial score (nSPS) is 11.2. The van der Waals surface area contributed by atoms with Crippen LogP contribution in [0.15, 0.2) is 37.6 Å². The highest BCUT2D eigenvalue weighted by Crippen LogP contribution is 2.27. The summed E-state index contributed by atoms with van der Waals surface area (Å²) in [4.78, 5) is 42.4. The molecular weight excluding hydrogens is 376 g/mol. The molecule has 8 nitrogen and oxygen atoms in total. The fraction of sp³-hybridized carbons (Fsp3) is 0.125. The number of oxazole rings is 1. The number of nitrogens with zero attached hydrogens (tertiary/aromatic N) is 2. The van der Waals surface area contributed by atoms with Crippen LogP contribution in [0.2, 0.25) is 0 Å². The summed E-state index contributed by atoms with van der Waals surface area (Å²) in [6.07, 6.45) is 0. The number of benzene rings is 1. The van der Waals surface area contributed by atoms with Gasteiger partial charge in [-0.15, -0.1) is 11.3 Å². The number of hydrogen-bond acceptors (Lipinski definition) is 7. The minimum Gasteiger partial charge on any atom is -0.408 e. The third-order valence-corrected chi connectivity index (χ3v) is 5.83. The minimum absolute atomic E-state index is 0.186. The van der Waals surface area contributed by atoms with E-state index in [-0.39, 0.29) is 10.8 Å². The second-order valence-electron chi connectivity index (χ2n) is 5.56. The Morgan fingerprint density at radius 2 is 2.15 bits per heavy atom. The number of carbonyl (C=O) groups excluding carboxylic acids is 1. The molecule has 0 saturated heterocycles. The Balaban J connectivity index is 1.60. The zero-order valence-corrected chi connectivity index (χ0v) is 15.3. The predicted molar refractivity (Wildman–Crippen MR) is 100 cm³/mol. The molecule has 1 aromatic carbocycles. The number of aromatic amines is 1. The molecule has 3 aromatic heterocycles. The number of fused-ring (bicyclic) bond motifs is 1. The Labute approximate surface area is 153 Å². The summed E-state index contributed by atoms with van der Waals surface area (Å²) in [5.41, 5.74) is 3.07. The van der Waals surface area contributed by atoms with Gasteiger partial charge in [0.2, 0.25) is 0 Å². The standard InChI is InChI=1S/C16H12N4O4S2/c1-7-12(26-16(23)20(7)2)13(21)19-14-17-10(6-25-14)8-3-4-9-11(5-8)24-15(22)18-9/h3-6H,1-2H3,(H,18,22)(H,17,19,21). The van der Waals surface area contributed by atoms with E-state index in [1.165, 1.54) is 15.9 Å². The predicted octanol–water partition coefficient (Wildman–Crippen LogP) is 2.57. The van der Waals surface area contributed by atoms with Crippen molar-refractivity contribution in [3.8, 4) is 11.3 Å². The molecule has 0 aliphatic rings. The Bertz CT molecular complexity index is 1260. The summed E-state index contributed by atoms with van der Waals surface area (Å²) < 4.78 is 6.49. The first-order valence-corrected chi connectivity index (χ1v) is 9.18. The van der Waals surface area contributed by atoms with Crippen LogP contribution >= 0.6 is 22.7 Å². The van der Waals surface area contributed by atoms with E-state index in [1.54, 1.807) is 31.5 Å². The molecule has 0 fully saturated rings. The number of hydrogen-bond donors (Lipinski definition) is 2. The van der Waals surface area contributed by atoms with E-state index >= 15 is 0 Å². The lowest BCUT2D eigenvalue weighted by molar-refractivity contribution is 0.102. The van der Waals surface area contributed by atoms with Crippen LogP contribution in [-0.4, -0.2) is 20.4 Å². The molecule has 3 heterocycles. The SMILES string of the molecule is Cc1c(C(=O)Nc2nc(-c3ccc4[nH]c(=O)oc4c3)cs2)sc(=O)n1C. The van der Waals surface area contributed by atoms with Gasteiger partial charge in [0.1, 0.15) is 4.88 Å². The van der Waals surface area contributed by atoms with Crippen LogP contribution in [0.25, 0.3) is 22.4 Å². The Morgan fingerprint density at radius 1 is 1.35 bits per heavy atom. The second-order valence-corrected chi connectivity index (χ2v) is 7.38. The highest BCUT2D eigenvalue weighted by molar-refractivity contribution is 7.14. The van der Waals surface area contributed by atoms with Crippen molar-refractivity contribution in [1.82, 2.24) is 14.5 Å². The molecule has 10 heteroatoms. The van der Waals surface area contributed by atoms with Gasteiger partial charge >= 0.3 is 10.6 Å². The number of amides is 1. The van der Waals surface area contributed by atoms with Crippen molar-refractivity contribution in [1.29, 1.82) is 0 Å². The molecule has 0 bridgehead atoms. The fourth-order valence-corrected chi connectivity index (χ4v) is 4.04. The van der Waals surface area contributed by atoms with Crippen LogP contribution in [-0.2, 0) is 7.05 Å². The number of thiazole rings is 2. The molecule has 1 amide bonds. The molecule has 4 rings (SSSR count). The van der Waals surface area contributed by atoms with Gasteiger partial charge in [-0.2, -0.15) is 0 Å². The van der Waals surface area contributed by atoms with Gasteiger partial charge in [-0.1, -0.05) is 17.4 Å². The van der Waals surface area contributed by atoms with Crippen molar-refractivity contribution in [3.05, 3.63) is 54.4 Å². The number of nitrogens with one attached hydrogen (secondary N) is 2. The summed E-state index contributed by atoms with van der Waals surface area (Å²) in [5.74, 6) is -0.876. The third-order valence-electron chi connectivity index (χ3n) is 3.94. The zero-order valence-electron chi connectivity index (χ0n) is 13.7. The van der Waals surface area contributed by atoms with Gasteiger partial charge in [-0.25, -0.2) is 9.78 Å². The van der Waals surface area contributed by atoms with Crippen molar-refractivity contribution < 1.29 is 9.21 Å². The molecule has 0 atom stereocenters. The Morgan fingerprint density at radius 3 is 2.88 bits per heavy atom. The van der Waals surface area contributed by atoms with Crippen molar-refractivity contribution >= 4 is 44.8 Å². The monoisotopic (exact) mass is 388 g/mol. The molecule has 0 radical (unpaired) electrons. The number of H-pyrrole nitrogens is 1. The average Bonchev–Trinajstić information content (AvgIpc) is 3.28. The van der Waals surface area contributed by atoms with E-state index in [0.717, 1.165) is 16.9 Å². The van der Waals surface area contributed by atoms with Gasteiger partial charge < -0.3 is 8.98 Å². The lowest BCUT2D eigenvalue weighted by Gasteiger charge is -2.01. The van der Waals surface area contributed by atoms with Crippen LogP contribution in [0, 0.1) is 6.92 Å². The molecular formula is C16H12N4O4S2. The lowest BCUT2D eigenvalue weighted by Crippen LogP contribution is -2.12. The van der Waals surface area contributed by atoms with Crippen LogP contribution in [0.4, 0.5) is 5.13 Å². The first kappa shape index (κ1) is 16.5. The van der Waals surface area contributed by atoms with Crippen molar-refractivity contribution in [2.75, 3.05) is 5.32 Å². The van der Waals surface area contributed by atoms with Gasteiger partial charge in [0.15, 0.2) is 10.7 Å². The quantitative estimate of drug-likeness (QED) is 0.560. The second kappa shape index (κ2) is 6.07. The molecule has 4 aromatic rings. The van der Waals surface area contributed by atoms with Crippen molar-refractivity contribution in [3.63, 3.8) is 0 Å². The maximum absolute atomic E-state index is 12.4. The first-order chi connectivity index (χ1) is 12.4. The maximum Gasteiger partial charge on any atom is 0.417 e. The Hall–Kier alpha value is -2.98. The topological polar surface area (TPSA) is 110 Å². The summed E-state index contributed by atoms with van der Waals surface area (Å²) in [5, 5.41) is 4.93. The van der Waals surface area contributed by atoms with Crippen LogP contribution in [0.1, 0.15) is 15.4 Å². The molecule has 2 N–H and O–H groups in total. The van der Waals surface area contributed by atoms with Crippen LogP contribution in [0.3, 0.4) is 0 Å². The molecule has 0 aliphatic heterocycles. The first-order valence-electron chi connectivity index (χ1n) is 7.49. The molecule has 0 aliphatic carbocycles. The van der Waals surface area contributed by atoms with Gasteiger partial charge in [0.05, 0.1) is 11.2 Å². The van der Waals surface area contributed by atoms with E-state index < -0.39 is 5.76 Å². The smallest absolute Gasteiger partial charge is 0.408 e. The van der Waals surface area contributed by atoms with E-state index in [4.69, 9.17) is 4.42 Å². The van der Waals surface area contributed by atoms with Crippen LogP contribution in [0.5, 0.6) is 0 Å². The van der Waals surface area contributed by atoms with E-state index in [0.29, 0.717) is 32.5 Å². The number of rotatable bonds is 3. The van der Waals surface area contributed by atoms with Crippen LogP contribution < -0.4 is 15.9 Å². The zero-order chi connectivity index (χ0) is 18.4. The summed E-state index contributed by atoms with van der Waals surface area (Å²) >= 11 is 2.17. The molecule has 0 unspecified atom stereocenters. The highest BCUT2D eigenvalue weighted by Gasteiger charge is 2.17. The molecule has 132 valence electrons.